The second-order valence-corrected chi connectivity index (χ2v) is 18.9. The Hall–Kier alpha value is -1.28. The number of carbonyl (C=O) groups excluding carboxylic acids is 1. The fraction of sp³-hybridized carbons (Fsp3) is 0.854. The molecule has 0 aliphatic rings. The predicted molar refractivity (Wildman–Crippen MR) is 242 cm³/mol. The minimum absolute atomic E-state index is 0.00785. The van der Waals surface area contributed by atoms with Crippen LogP contribution in [-0.4, -0.2) is 68.5 Å². The molecule has 0 bridgehead atoms. The molecule has 0 spiro atoms. The van der Waals surface area contributed by atoms with E-state index in [-0.39, 0.29) is 12.5 Å². The first-order valence-electron chi connectivity index (χ1n) is 23.9. The molecular weight excluding hydrogens is 732 g/mol. The molecule has 2 N–H and O–H groups in total. The second kappa shape index (κ2) is 40.1. The molecule has 1 amide bonds. The lowest BCUT2D eigenvalue weighted by molar-refractivity contribution is -0.870. The number of hydrogen-bond acceptors (Lipinski definition) is 6. The number of phosphoric ester groups is 1. The van der Waals surface area contributed by atoms with Crippen molar-refractivity contribution in [3.05, 3.63) is 36.5 Å². The van der Waals surface area contributed by atoms with Crippen LogP contribution in [0, 0.1) is 0 Å². The quantitative estimate of drug-likeness (QED) is 0.0274. The van der Waals surface area contributed by atoms with Crippen molar-refractivity contribution in [1.29, 1.82) is 0 Å². The van der Waals surface area contributed by atoms with Gasteiger partial charge >= 0.3 is 0 Å². The summed E-state index contributed by atoms with van der Waals surface area (Å²) in [5.74, 6) is -0.217. The van der Waals surface area contributed by atoms with E-state index in [1.54, 1.807) is 6.08 Å². The fourth-order valence-electron chi connectivity index (χ4n) is 6.75. The Balaban J connectivity index is 4.38. The van der Waals surface area contributed by atoms with Gasteiger partial charge in [-0.15, -0.1) is 0 Å². The van der Waals surface area contributed by atoms with Gasteiger partial charge in [0.2, 0.25) is 5.91 Å². The van der Waals surface area contributed by atoms with Crippen LogP contribution >= 0.6 is 7.82 Å². The normalized spacial score (nSPS) is 14.6. The molecule has 8 nitrogen and oxygen atoms in total. The van der Waals surface area contributed by atoms with Crippen molar-refractivity contribution in [2.24, 2.45) is 0 Å². The van der Waals surface area contributed by atoms with Crippen LogP contribution in [-0.2, 0) is 18.4 Å². The highest BCUT2D eigenvalue weighted by Gasteiger charge is 2.23. The first kappa shape index (κ1) is 55.7. The van der Waals surface area contributed by atoms with E-state index in [1.807, 2.05) is 27.2 Å². The number of phosphoric acid groups is 1. The number of aliphatic hydroxyl groups is 1. The number of allylic oxidation sites excluding steroid dienone is 5. The van der Waals surface area contributed by atoms with Crippen LogP contribution in [0.5, 0.6) is 0 Å². The van der Waals surface area contributed by atoms with Crippen molar-refractivity contribution in [2.45, 2.75) is 225 Å². The largest absolute Gasteiger partial charge is 0.756 e. The molecule has 0 saturated heterocycles. The van der Waals surface area contributed by atoms with Crippen LogP contribution < -0.4 is 10.2 Å². The Bertz CT molecular complexity index is 1030. The van der Waals surface area contributed by atoms with Gasteiger partial charge in [-0.25, -0.2) is 0 Å². The van der Waals surface area contributed by atoms with E-state index in [0.717, 1.165) is 57.8 Å². The summed E-state index contributed by atoms with van der Waals surface area (Å²) in [4.78, 5) is 25.3. The number of carbonyl (C=O) groups is 1. The summed E-state index contributed by atoms with van der Waals surface area (Å²) in [6.07, 6.45) is 49.2. The van der Waals surface area contributed by atoms with E-state index in [1.165, 1.54) is 135 Å². The molecule has 0 heterocycles. The van der Waals surface area contributed by atoms with Crippen molar-refractivity contribution in [1.82, 2.24) is 5.32 Å². The molecule has 0 aromatic rings. The number of aliphatic hydroxyl groups excluding tert-OH is 1. The first-order valence-corrected chi connectivity index (χ1v) is 25.3. The third-order valence-electron chi connectivity index (χ3n) is 10.6. The van der Waals surface area contributed by atoms with Crippen LogP contribution in [0.2, 0.25) is 0 Å². The lowest BCUT2D eigenvalue weighted by Crippen LogP contribution is -2.45. The maximum Gasteiger partial charge on any atom is 0.268 e. The van der Waals surface area contributed by atoms with Crippen LogP contribution in [0.25, 0.3) is 0 Å². The standard InChI is InChI=1S/C48H93N2O6P/c1-6-8-10-12-14-16-18-20-21-22-23-24-25-26-27-28-30-31-33-35-37-39-41-47(51)46(45-56-57(53,54)55-44-43-50(3,4)5)49-48(52)42-40-38-36-34-32-29-19-17-15-13-11-9-7-2/h17,19,31,33,39,41,46-47,51H,6-16,18,20-30,32,34-38,40,42-45H2,1-5H3,(H-,49,52,53,54)/b19-17-,33-31+,41-39+. The van der Waals surface area contributed by atoms with Crippen molar-refractivity contribution in [2.75, 3.05) is 40.9 Å². The van der Waals surface area contributed by atoms with Gasteiger partial charge < -0.3 is 28.8 Å². The van der Waals surface area contributed by atoms with Crippen molar-refractivity contribution >= 4 is 13.7 Å². The molecule has 0 saturated carbocycles. The minimum atomic E-state index is -4.60. The molecule has 0 aromatic heterocycles. The summed E-state index contributed by atoms with van der Waals surface area (Å²) in [5.41, 5.74) is 0. The highest BCUT2D eigenvalue weighted by molar-refractivity contribution is 7.45. The Morgan fingerprint density at radius 2 is 0.982 bits per heavy atom. The molecular formula is C48H93N2O6P. The average molecular weight is 825 g/mol. The summed E-state index contributed by atoms with van der Waals surface area (Å²) in [6, 6.07) is -0.905. The zero-order chi connectivity index (χ0) is 42.1. The molecule has 336 valence electrons. The number of rotatable bonds is 43. The fourth-order valence-corrected chi connectivity index (χ4v) is 7.47. The number of nitrogens with one attached hydrogen (secondary N) is 1. The molecule has 57 heavy (non-hydrogen) atoms. The van der Waals surface area contributed by atoms with E-state index in [4.69, 9.17) is 9.05 Å². The molecule has 0 fully saturated rings. The van der Waals surface area contributed by atoms with Crippen molar-refractivity contribution in [3.8, 4) is 0 Å². The van der Waals surface area contributed by atoms with E-state index in [0.29, 0.717) is 17.4 Å². The van der Waals surface area contributed by atoms with Crippen LogP contribution in [0.1, 0.15) is 213 Å². The number of quaternary nitrogens is 1. The number of unbranched alkanes of at least 4 members (excludes halogenated alkanes) is 26. The zero-order valence-electron chi connectivity index (χ0n) is 38.0. The predicted octanol–water partition coefficient (Wildman–Crippen LogP) is 12.8. The van der Waals surface area contributed by atoms with Gasteiger partial charge in [0.05, 0.1) is 39.9 Å². The van der Waals surface area contributed by atoms with Gasteiger partial charge in [0.15, 0.2) is 0 Å². The average Bonchev–Trinajstić information content (AvgIpc) is 3.16. The maximum atomic E-state index is 12.8. The van der Waals surface area contributed by atoms with E-state index < -0.39 is 26.6 Å². The van der Waals surface area contributed by atoms with Crippen molar-refractivity contribution < 1.29 is 32.9 Å². The number of hydrogen-bond donors (Lipinski definition) is 2. The van der Waals surface area contributed by atoms with E-state index >= 15 is 0 Å². The third-order valence-corrected chi connectivity index (χ3v) is 11.5. The molecule has 9 heteroatoms. The molecule has 0 rings (SSSR count). The van der Waals surface area contributed by atoms with Gasteiger partial charge in [0.1, 0.15) is 13.2 Å². The first-order chi connectivity index (χ1) is 27.5. The van der Waals surface area contributed by atoms with Gasteiger partial charge in [0, 0.05) is 6.42 Å². The Morgan fingerprint density at radius 1 is 0.596 bits per heavy atom. The summed E-state index contributed by atoms with van der Waals surface area (Å²) in [7, 11) is 1.24. The SMILES string of the molecule is CCCCCC/C=C\CCCCCCCC(=O)NC(COP(=O)([O-])OCC[N+](C)(C)C)C(O)/C=C/CC/C=C/CCCCCCCCCCCCCCCCCC. The lowest BCUT2D eigenvalue weighted by Gasteiger charge is -2.29. The molecule has 0 aliphatic carbocycles. The summed E-state index contributed by atoms with van der Waals surface area (Å²) in [5, 5.41) is 13.8. The second-order valence-electron chi connectivity index (χ2n) is 17.5. The molecule has 0 aromatic carbocycles. The molecule has 3 atom stereocenters. The van der Waals surface area contributed by atoms with Crippen LogP contribution in [0.15, 0.2) is 36.5 Å². The number of nitrogens with zero attached hydrogens (tertiary/aromatic N) is 1. The molecule has 0 aliphatic heterocycles. The van der Waals surface area contributed by atoms with Gasteiger partial charge in [-0.1, -0.05) is 185 Å². The van der Waals surface area contributed by atoms with Gasteiger partial charge in [-0.2, -0.15) is 0 Å². The summed E-state index contributed by atoms with van der Waals surface area (Å²) < 4.78 is 23.2. The molecule has 3 unspecified atom stereocenters. The Morgan fingerprint density at radius 3 is 1.44 bits per heavy atom. The third kappa shape index (κ3) is 42.6. The summed E-state index contributed by atoms with van der Waals surface area (Å²) in [6.45, 7) is 4.61. The smallest absolute Gasteiger partial charge is 0.268 e. The van der Waals surface area contributed by atoms with E-state index in [2.05, 4.69) is 43.5 Å². The highest BCUT2D eigenvalue weighted by atomic mass is 31.2. The summed E-state index contributed by atoms with van der Waals surface area (Å²) >= 11 is 0. The topological polar surface area (TPSA) is 108 Å². The monoisotopic (exact) mass is 825 g/mol. The zero-order valence-corrected chi connectivity index (χ0v) is 38.9. The lowest BCUT2D eigenvalue weighted by atomic mass is 10.0. The highest BCUT2D eigenvalue weighted by Crippen LogP contribution is 2.38. The Labute approximate surface area is 353 Å². The Kier molecular flexibility index (Phi) is 39.2. The number of amides is 1. The van der Waals surface area contributed by atoms with Gasteiger partial charge in [0.25, 0.3) is 7.82 Å². The number of likely N-dealkylation sites (N-methyl/N-ethyl adjacent to an activating group) is 1. The minimum Gasteiger partial charge on any atom is -0.756 e. The van der Waals surface area contributed by atoms with Gasteiger partial charge in [-0.3, -0.25) is 9.36 Å². The maximum absolute atomic E-state index is 12.8. The van der Waals surface area contributed by atoms with Gasteiger partial charge in [-0.05, 0) is 57.8 Å². The van der Waals surface area contributed by atoms with Crippen LogP contribution in [0.4, 0.5) is 0 Å². The van der Waals surface area contributed by atoms with E-state index in [9.17, 15) is 19.4 Å². The molecule has 0 radical (unpaired) electrons. The van der Waals surface area contributed by atoms with Crippen molar-refractivity contribution in [3.63, 3.8) is 0 Å². The van der Waals surface area contributed by atoms with Crippen LogP contribution in [0.3, 0.4) is 0 Å².